The highest BCUT2D eigenvalue weighted by atomic mass is 79.9. The first kappa shape index (κ1) is 48.5. The summed E-state index contributed by atoms with van der Waals surface area (Å²) >= 11 is 16.3. The molecule has 0 radical (unpaired) electrons. The predicted octanol–water partition coefficient (Wildman–Crippen LogP) is 10.5. The fourth-order valence-electron chi connectivity index (χ4n) is 2.93. The molecule has 0 bridgehead atoms. The SMILES string of the molecule is C.C=C(C)C(=O)NCC(C)(C)C1CS1.C=CC(C)(C)CBr.CC(C)(CBr)C1CO1.CC(C)(CBr)C1CS1.CC(C)(CN)C1CS1. The number of nitrogens with one attached hydrogen (secondary N) is 1. The van der Waals surface area contributed by atoms with Crippen LogP contribution in [0.15, 0.2) is 24.8 Å². The van der Waals surface area contributed by atoms with Gasteiger partial charge in [0, 0.05) is 66.5 Å². The summed E-state index contributed by atoms with van der Waals surface area (Å²) in [5, 5.41) is 8.56. The third-order valence-electron chi connectivity index (χ3n) is 8.02. The van der Waals surface area contributed by atoms with E-state index in [1.165, 1.54) is 17.3 Å². The van der Waals surface area contributed by atoms with Gasteiger partial charge in [0.05, 0.1) is 12.7 Å². The number of allylic oxidation sites excluding steroid dienone is 1. The third kappa shape index (κ3) is 21.9. The zero-order valence-corrected chi connectivity index (χ0v) is 36.6. The van der Waals surface area contributed by atoms with E-state index >= 15 is 0 Å². The molecular weight excluding hydrogens is 816 g/mol. The summed E-state index contributed by atoms with van der Waals surface area (Å²) in [7, 11) is 0. The molecule has 4 unspecified atom stereocenters. The minimum Gasteiger partial charge on any atom is -0.373 e. The van der Waals surface area contributed by atoms with Crippen LogP contribution in [0, 0.1) is 27.1 Å². The molecule has 10 heteroatoms. The highest BCUT2D eigenvalue weighted by Gasteiger charge is 2.40. The first-order chi connectivity index (χ1) is 20.1. The lowest BCUT2D eigenvalue weighted by atomic mass is 9.90. The molecule has 4 aliphatic rings. The molecule has 4 heterocycles. The van der Waals surface area contributed by atoms with Gasteiger partial charge in [0.15, 0.2) is 0 Å². The van der Waals surface area contributed by atoms with E-state index in [0.717, 1.165) is 51.4 Å². The quantitative estimate of drug-likeness (QED) is 0.0881. The molecule has 0 aromatic rings. The Bertz CT molecular complexity index is 824. The molecule has 0 saturated carbocycles. The average Bonchev–Trinajstić information content (AvgIpc) is 3.80. The van der Waals surface area contributed by atoms with E-state index < -0.39 is 0 Å². The Labute approximate surface area is 317 Å². The van der Waals surface area contributed by atoms with Crippen molar-refractivity contribution < 1.29 is 9.53 Å². The maximum Gasteiger partial charge on any atom is 0.246 e. The number of thioether (sulfide) groups is 3. The summed E-state index contributed by atoms with van der Waals surface area (Å²) in [5.41, 5.74) is 7.87. The molecule has 45 heavy (non-hydrogen) atoms. The van der Waals surface area contributed by atoms with E-state index in [1.807, 2.05) is 29.6 Å². The summed E-state index contributed by atoms with van der Waals surface area (Å²) in [6.07, 6.45) is 2.46. The van der Waals surface area contributed by atoms with Gasteiger partial charge >= 0.3 is 0 Å². The molecule has 0 aliphatic carbocycles. The van der Waals surface area contributed by atoms with Crippen LogP contribution in [0.25, 0.3) is 0 Å². The number of carbonyl (C=O) groups is 1. The van der Waals surface area contributed by atoms with Crippen LogP contribution in [0.3, 0.4) is 0 Å². The number of hydrogen-bond acceptors (Lipinski definition) is 6. The standard InChI is InChI=1S/C10H17NOS.C6H11BrO.C6H11BrS.C6H11Br.C6H13NS.CH4/c1-7(2)9(12)11-6-10(3,4)8-5-13-8;2*1-6(2,4-7)5-3-8-5;1-4-6(2,3)5-7;1-6(2,4-7)5-3-8-5;/h8H,1,5-6H2,2-4H3,(H,11,12);2*5H,3-4H2,1-2H3;4H,1,5H2,2-3H3;5H,3-4,7H2,1-2H3;1H4. The van der Waals surface area contributed by atoms with Crippen molar-refractivity contribution in [3.8, 4) is 0 Å². The number of epoxide rings is 1. The topological polar surface area (TPSA) is 67.7 Å². The molecule has 4 fully saturated rings. The molecule has 0 aromatic heterocycles. The van der Waals surface area contributed by atoms with Gasteiger partial charge < -0.3 is 15.8 Å². The number of alkyl halides is 3. The lowest BCUT2D eigenvalue weighted by Crippen LogP contribution is -2.36. The molecule has 4 saturated heterocycles. The van der Waals surface area contributed by atoms with Crippen LogP contribution in [-0.2, 0) is 9.53 Å². The third-order valence-corrected chi connectivity index (χ3v) is 16.3. The van der Waals surface area contributed by atoms with Crippen molar-refractivity contribution >= 4 is 89.0 Å². The maximum atomic E-state index is 11.2. The Morgan fingerprint density at radius 3 is 1.38 bits per heavy atom. The molecule has 0 spiro atoms. The molecule has 4 aliphatic heterocycles. The minimum atomic E-state index is -0.0290. The molecule has 4 rings (SSSR count). The van der Waals surface area contributed by atoms with Crippen molar-refractivity contribution in [1.29, 1.82) is 0 Å². The summed E-state index contributed by atoms with van der Waals surface area (Å²) in [6.45, 7) is 33.7. The molecule has 4 atom stereocenters. The highest BCUT2D eigenvalue weighted by Crippen LogP contribution is 2.45. The second-order valence-corrected chi connectivity index (χ2v) is 20.9. The number of hydrogen-bond donors (Lipinski definition) is 2. The number of rotatable bonds is 12. The average molecular weight is 884 g/mol. The molecule has 268 valence electrons. The Balaban J connectivity index is 0. The van der Waals surface area contributed by atoms with E-state index in [1.54, 1.807) is 6.92 Å². The lowest BCUT2D eigenvalue weighted by molar-refractivity contribution is -0.117. The highest BCUT2D eigenvalue weighted by molar-refractivity contribution is 9.09. The second-order valence-electron chi connectivity index (χ2n) is 15.5. The van der Waals surface area contributed by atoms with Gasteiger partial charge in [-0.3, -0.25) is 4.79 Å². The van der Waals surface area contributed by atoms with Crippen molar-refractivity contribution in [2.24, 2.45) is 32.8 Å². The van der Waals surface area contributed by atoms with Crippen molar-refractivity contribution in [2.45, 2.75) is 105 Å². The summed E-state index contributed by atoms with van der Waals surface area (Å²) in [5.74, 6) is 3.90. The van der Waals surface area contributed by atoms with Gasteiger partial charge in [-0.25, -0.2) is 0 Å². The predicted molar refractivity (Wildman–Crippen MR) is 223 cm³/mol. The van der Waals surface area contributed by atoms with Gasteiger partial charge in [-0.1, -0.05) is 137 Å². The zero-order valence-electron chi connectivity index (χ0n) is 29.4. The van der Waals surface area contributed by atoms with Crippen LogP contribution in [0.1, 0.15) is 83.6 Å². The van der Waals surface area contributed by atoms with Crippen molar-refractivity contribution in [3.05, 3.63) is 24.8 Å². The summed E-state index contributed by atoms with van der Waals surface area (Å²) < 4.78 is 5.13. The van der Waals surface area contributed by atoms with E-state index in [2.05, 4.69) is 147 Å². The number of ether oxygens (including phenoxy) is 1. The Hall–Kier alpha value is 1.36. The van der Waals surface area contributed by atoms with Gasteiger partial charge in [0.25, 0.3) is 0 Å². The molecule has 4 nitrogen and oxygen atoms in total. The van der Waals surface area contributed by atoms with Gasteiger partial charge in [-0.2, -0.15) is 35.3 Å². The van der Waals surface area contributed by atoms with Crippen LogP contribution in [0.2, 0.25) is 0 Å². The first-order valence-corrected chi connectivity index (χ1v) is 22.0. The van der Waals surface area contributed by atoms with E-state index in [-0.39, 0.29) is 24.2 Å². The fourth-order valence-corrected chi connectivity index (χ4v) is 7.38. The largest absolute Gasteiger partial charge is 0.373 e. The normalized spacial score (nSPS) is 22.8. The smallest absolute Gasteiger partial charge is 0.246 e. The Kier molecular flexibility index (Phi) is 23.2. The van der Waals surface area contributed by atoms with Crippen LogP contribution in [-0.4, -0.2) is 80.7 Å². The molecule has 3 N–H and O–H groups in total. The number of amides is 1. The van der Waals surface area contributed by atoms with Crippen LogP contribution >= 0.6 is 83.1 Å². The minimum absolute atomic E-state index is 0. The van der Waals surface area contributed by atoms with Gasteiger partial charge in [-0.15, -0.1) is 6.58 Å². The van der Waals surface area contributed by atoms with Crippen LogP contribution in [0.4, 0.5) is 0 Å². The molecule has 1 amide bonds. The Morgan fingerprint density at radius 2 is 1.20 bits per heavy atom. The number of halogens is 3. The van der Waals surface area contributed by atoms with Crippen LogP contribution < -0.4 is 11.1 Å². The molecule has 0 aromatic carbocycles. The zero-order chi connectivity index (χ0) is 34.6. The monoisotopic (exact) mass is 880 g/mol. The summed E-state index contributed by atoms with van der Waals surface area (Å²) in [6, 6.07) is 0. The van der Waals surface area contributed by atoms with E-state index in [0.29, 0.717) is 27.9 Å². The van der Waals surface area contributed by atoms with Gasteiger partial charge in [0.2, 0.25) is 5.91 Å². The van der Waals surface area contributed by atoms with Crippen LogP contribution in [0.5, 0.6) is 0 Å². The summed E-state index contributed by atoms with van der Waals surface area (Å²) in [4.78, 5) is 11.2. The Morgan fingerprint density at radius 1 is 0.822 bits per heavy atom. The van der Waals surface area contributed by atoms with Crippen molar-refractivity contribution in [2.75, 3.05) is 52.9 Å². The maximum absolute atomic E-state index is 11.2. The molecular formula is C35H67Br3N2O2S3. The lowest BCUT2D eigenvalue weighted by Gasteiger charge is -2.23. The number of nitrogens with two attached hydrogens (primary N) is 1. The van der Waals surface area contributed by atoms with Crippen molar-refractivity contribution in [3.63, 3.8) is 0 Å². The number of carbonyl (C=O) groups excluding carboxylic acids is 1. The fraction of sp³-hybridized carbons (Fsp3) is 0.857. The first-order valence-electron chi connectivity index (χ1n) is 15.5. The van der Waals surface area contributed by atoms with E-state index in [4.69, 9.17) is 10.5 Å². The second kappa shape index (κ2) is 21.5. The van der Waals surface area contributed by atoms with E-state index in [9.17, 15) is 4.79 Å². The van der Waals surface area contributed by atoms with Crippen molar-refractivity contribution in [1.82, 2.24) is 5.32 Å². The van der Waals surface area contributed by atoms with Gasteiger partial charge in [-0.05, 0) is 35.1 Å². The van der Waals surface area contributed by atoms with Gasteiger partial charge in [0.1, 0.15) is 0 Å².